The van der Waals surface area contributed by atoms with Crippen LogP contribution >= 0.6 is 11.3 Å². The van der Waals surface area contributed by atoms with Gasteiger partial charge in [-0.25, -0.2) is 14.8 Å². The SMILES string of the molecule is Cc1c(C(=O)OCC(C)C)sc2ncnc(Nc3ccccc3C(C)C)c12. The first-order valence-electron chi connectivity index (χ1n) is 9.15. The van der Waals surface area contributed by atoms with Crippen molar-refractivity contribution in [2.45, 2.75) is 40.5 Å². The lowest BCUT2D eigenvalue weighted by molar-refractivity contribution is 0.0464. The van der Waals surface area contributed by atoms with E-state index in [1.54, 1.807) is 0 Å². The third kappa shape index (κ3) is 4.11. The molecule has 0 aliphatic carbocycles. The molecule has 0 saturated carbocycles. The molecule has 2 aromatic heterocycles. The molecule has 6 heteroatoms. The number of hydrogen-bond donors (Lipinski definition) is 1. The van der Waals surface area contributed by atoms with Crippen LogP contribution < -0.4 is 5.32 Å². The summed E-state index contributed by atoms with van der Waals surface area (Å²) in [7, 11) is 0. The van der Waals surface area contributed by atoms with Crippen LogP contribution in [0.3, 0.4) is 0 Å². The second kappa shape index (κ2) is 8.05. The zero-order chi connectivity index (χ0) is 19.6. The Balaban J connectivity index is 2.00. The van der Waals surface area contributed by atoms with E-state index in [2.05, 4.69) is 35.2 Å². The van der Waals surface area contributed by atoms with Gasteiger partial charge in [0.15, 0.2) is 0 Å². The van der Waals surface area contributed by atoms with Gasteiger partial charge in [0.2, 0.25) is 0 Å². The van der Waals surface area contributed by atoms with Crippen LogP contribution in [0.2, 0.25) is 0 Å². The summed E-state index contributed by atoms with van der Waals surface area (Å²) in [6.07, 6.45) is 1.53. The normalized spacial score (nSPS) is 11.4. The fourth-order valence-electron chi connectivity index (χ4n) is 2.91. The number of rotatable bonds is 6. The van der Waals surface area contributed by atoms with E-state index in [1.165, 1.54) is 23.2 Å². The van der Waals surface area contributed by atoms with Crippen LogP contribution in [0.25, 0.3) is 10.2 Å². The Morgan fingerprint density at radius 3 is 2.63 bits per heavy atom. The molecule has 1 N–H and O–H groups in total. The van der Waals surface area contributed by atoms with Crippen molar-refractivity contribution < 1.29 is 9.53 Å². The zero-order valence-electron chi connectivity index (χ0n) is 16.4. The predicted octanol–water partition coefficient (Wildman–Crippen LogP) is 5.68. The number of aryl methyl sites for hydroxylation is 1. The second-order valence-electron chi connectivity index (χ2n) is 7.32. The molecular weight excluding hydrogens is 358 g/mol. The first-order chi connectivity index (χ1) is 12.9. The van der Waals surface area contributed by atoms with Gasteiger partial charge < -0.3 is 10.1 Å². The number of nitrogens with one attached hydrogen (secondary N) is 1. The summed E-state index contributed by atoms with van der Waals surface area (Å²) in [5.41, 5.74) is 3.09. The quantitative estimate of drug-likeness (QED) is 0.555. The number of ether oxygens (including phenoxy) is 1. The van der Waals surface area contributed by atoms with Crippen molar-refractivity contribution in [1.29, 1.82) is 0 Å². The van der Waals surface area contributed by atoms with Crippen LogP contribution in [0, 0.1) is 12.8 Å². The van der Waals surface area contributed by atoms with Crippen molar-refractivity contribution in [2.24, 2.45) is 5.92 Å². The van der Waals surface area contributed by atoms with Gasteiger partial charge in [0.25, 0.3) is 0 Å². The molecule has 0 aliphatic heterocycles. The number of aromatic nitrogens is 2. The average molecular weight is 384 g/mol. The van der Waals surface area contributed by atoms with E-state index >= 15 is 0 Å². The number of thiophene rings is 1. The Labute approximate surface area is 163 Å². The number of nitrogens with zero attached hydrogens (tertiary/aromatic N) is 2. The van der Waals surface area contributed by atoms with Crippen LogP contribution in [0.5, 0.6) is 0 Å². The van der Waals surface area contributed by atoms with Gasteiger partial charge in [-0.15, -0.1) is 11.3 Å². The number of carbonyl (C=O) groups is 1. The molecule has 0 unspecified atom stereocenters. The van der Waals surface area contributed by atoms with E-state index in [0.717, 1.165) is 21.5 Å². The Hall–Kier alpha value is -2.47. The highest BCUT2D eigenvalue weighted by Gasteiger charge is 2.21. The van der Waals surface area contributed by atoms with Crippen LogP contribution in [-0.2, 0) is 4.74 Å². The molecule has 0 atom stereocenters. The zero-order valence-corrected chi connectivity index (χ0v) is 17.2. The van der Waals surface area contributed by atoms with E-state index in [4.69, 9.17) is 4.74 Å². The number of fused-ring (bicyclic) bond motifs is 1. The van der Waals surface area contributed by atoms with Crippen LogP contribution in [-0.4, -0.2) is 22.5 Å². The van der Waals surface area contributed by atoms with Crippen molar-refractivity contribution in [3.05, 3.63) is 46.6 Å². The van der Waals surface area contributed by atoms with E-state index in [-0.39, 0.29) is 5.97 Å². The number of para-hydroxylation sites is 1. The first kappa shape index (κ1) is 19.3. The molecule has 0 aliphatic rings. The Bertz CT molecular complexity index is 963. The maximum absolute atomic E-state index is 12.5. The van der Waals surface area contributed by atoms with E-state index < -0.39 is 0 Å². The van der Waals surface area contributed by atoms with Crippen LogP contribution in [0.4, 0.5) is 11.5 Å². The maximum atomic E-state index is 12.5. The Morgan fingerprint density at radius 2 is 1.93 bits per heavy atom. The van der Waals surface area contributed by atoms with Gasteiger partial charge in [-0.2, -0.15) is 0 Å². The summed E-state index contributed by atoms with van der Waals surface area (Å²) in [4.78, 5) is 22.6. The second-order valence-corrected chi connectivity index (χ2v) is 8.32. The van der Waals surface area contributed by atoms with Gasteiger partial charge in [-0.1, -0.05) is 45.9 Å². The smallest absolute Gasteiger partial charge is 0.348 e. The lowest BCUT2D eigenvalue weighted by atomic mass is 10.0. The van der Waals surface area contributed by atoms with E-state index in [1.807, 2.05) is 39.0 Å². The van der Waals surface area contributed by atoms with Crippen LogP contribution in [0.15, 0.2) is 30.6 Å². The highest BCUT2D eigenvalue weighted by atomic mass is 32.1. The Morgan fingerprint density at radius 1 is 1.19 bits per heavy atom. The number of hydrogen-bond acceptors (Lipinski definition) is 6. The molecular formula is C21H25N3O2S. The summed E-state index contributed by atoms with van der Waals surface area (Å²) < 4.78 is 5.41. The molecule has 0 fully saturated rings. The van der Waals surface area contributed by atoms with Gasteiger partial charge in [-0.05, 0) is 36.0 Å². The van der Waals surface area contributed by atoms with Crippen molar-refractivity contribution in [2.75, 3.05) is 11.9 Å². The number of benzene rings is 1. The molecule has 0 bridgehead atoms. The minimum absolute atomic E-state index is 0.294. The predicted molar refractivity (Wildman–Crippen MR) is 111 cm³/mol. The molecule has 0 spiro atoms. The van der Waals surface area contributed by atoms with Crippen molar-refractivity contribution in [3.63, 3.8) is 0 Å². The van der Waals surface area contributed by atoms with Crippen molar-refractivity contribution in [3.8, 4) is 0 Å². The summed E-state index contributed by atoms with van der Waals surface area (Å²) in [5.74, 6) is 1.10. The third-order valence-electron chi connectivity index (χ3n) is 4.30. The molecule has 3 aromatic rings. The van der Waals surface area contributed by atoms with Gasteiger partial charge in [0, 0.05) is 5.69 Å². The maximum Gasteiger partial charge on any atom is 0.348 e. The molecule has 27 heavy (non-hydrogen) atoms. The van der Waals surface area contributed by atoms with Gasteiger partial charge >= 0.3 is 5.97 Å². The molecule has 0 amide bonds. The van der Waals surface area contributed by atoms with Crippen molar-refractivity contribution in [1.82, 2.24) is 9.97 Å². The monoisotopic (exact) mass is 383 g/mol. The van der Waals surface area contributed by atoms with Crippen LogP contribution in [0.1, 0.15) is 54.4 Å². The lowest BCUT2D eigenvalue weighted by Crippen LogP contribution is -2.09. The highest BCUT2D eigenvalue weighted by molar-refractivity contribution is 7.20. The minimum atomic E-state index is -0.294. The fourth-order valence-corrected chi connectivity index (χ4v) is 3.95. The topological polar surface area (TPSA) is 64.1 Å². The molecule has 5 nitrogen and oxygen atoms in total. The summed E-state index contributed by atoms with van der Waals surface area (Å²) in [6, 6.07) is 8.19. The third-order valence-corrected chi connectivity index (χ3v) is 5.48. The molecule has 142 valence electrons. The molecule has 1 aromatic carbocycles. The molecule has 0 radical (unpaired) electrons. The van der Waals surface area contributed by atoms with Crippen molar-refractivity contribution >= 4 is 39.0 Å². The largest absolute Gasteiger partial charge is 0.461 e. The summed E-state index contributed by atoms with van der Waals surface area (Å²) in [6.45, 7) is 10.7. The number of esters is 1. The van der Waals surface area contributed by atoms with E-state index in [9.17, 15) is 4.79 Å². The number of anilines is 2. The molecule has 3 rings (SSSR count). The highest BCUT2D eigenvalue weighted by Crippen LogP contribution is 2.36. The fraction of sp³-hybridized carbons (Fsp3) is 0.381. The minimum Gasteiger partial charge on any atom is -0.461 e. The van der Waals surface area contributed by atoms with Gasteiger partial charge in [0.1, 0.15) is 21.9 Å². The molecule has 2 heterocycles. The van der Waals surface area contributed by atoms with Gasteiger partial charge in [0.05, 0.1) is 12.0 Å². The standard InChI is InChI=1S/C21H25N3O2S/c1-12(2)10-26-21(25)18-14(5)17-19(22-11-23-20(17)27-18)24-16-9-7-6-8-15(16)13(3)4/h6-9,11-13H,10H2,1-5H3,(H,22,23,24). The lowest BCUT2D eigenvalue weighted by Gasteiger charge is -2.14. The van der Waals surface area contributed by atoms with Gasteiger partial charge in [-0.3, -0.25) is 0 Å². The van der Waals surface area contributed by atoms with E-state index in [0.29, 0.717) is 29.1 Å². The molecule has 0 saturated heterocycles. The number of carbonyl (C=O) groups excluding carboxylic acids is 1. The summed E-state index contributed by atoms with van der Waals surface area (Å²) >= 11 is 1.35. The Kier molecular flexibility index (Phi) is 5.75. The first-order valence-corrected chi connectivity index (χ1v) is 9.97. The average Bonchev–Trinajstić information content (AvgIpc) is 2.98. The summed E-state index contributed by atoms with van der Waals surface area (Å²) in [5, 5.41) is 4.32.